The van der Waals surface area contributed by atoms with Gasteiger partial charge in [0.1, 0.15) is 0 Å². The van der Waals surface area contributed by atoms with Crippen LogP contribution in [-0.2, 0) is 0 Å². The second-order valence-corrected chi connectivity index (χ2v) is 6.72. The van der Waals surface area contributed by atoms with Crippen molar-refractivity contribution in [3.63, 3.8) is 0 Å². The molecule has 26 heavy (non-hydrogen) atoms. The minimum atomic E-state index is -0.515. The highest BCUT2D eigenvalue weighted by atomic mass is 32.1. The molecule has 5 nitrogen and oxygen atoms in total. The molecule has 4 aromatic rings. The van der Waals surface area contributed by atoms with Crippen molar-refractivity contribution in [1.29, 1.82) is 0 Å². The van der Waals surface area contributed by atoms with Crippen LogP contribution in [0.25, 0.3) is 21.2 Å². The van der Waals surface area contributed by atoms with Gasteiger partial charge in [0.2, 0.25) is 5.95 Å². The third-order valence-corrected chi connectivity index (χ3v) is 4.91. The van der Waals surface area contributed by atoms with Crippen molar-refractivity contribution < 1.29 is 9.18 Å². The van der Waals surface area contributed by atoms with Gasteiger partial charge in [0.25, 0.3) is 5.91 Å². The quantitative estimate of drug-likeness (QED) is 0.545. The third-order valence-electron chi connectivity index (χ3n) is 3.95. The number of hydrogen-bond acceptors (Lipinski definition) is 5. The van der Waals surface area contributed by atoms with Crippen LogP contribution in [-0.4, -0.2) is 20.9 Å². The van der Waals surface area contributed by atoms with Crippen LogP contribution in [0, 0.1) is 12.9 Å². The van der Waals surface area contributed by atoms with Gasteiger partial charge in [0, 0.05) is 35.7 Å². The largest absolute Gasteiger partial charge is 0.298 e. The van der Waals surface area contributed by atoms with E-state index in [4.69, 9.17) is 0 Å². The Balaban J connectivity index is 1.60. The van der Waals surface area contributed by atoms with Crippen molar-refractivity contribution in [3.8, 4) is 10.4 Å². The smallest absolute Gasteiger partial charge is 0.259 e. The molecule has 0 saturated carbocycles. The van der Waals surface area contributed by atoms with Gasteiger partial charge in [0.15, 0.2) is 5.13 Å². The number of carbonyl (C=O) groups excluding carboxylic acids is 1. The van der Waals surface area contributed by atoms with Crippen molar-refractivity contribution in [2.75, 3.05) is 5.32 Å². The average Bonchev–Trinajstić information content (AvgIpc) is 3.10. The molecule has 0 atom stereocenters. The summed E-state index contributed by atoms with van der Waals surface area (Å²) in [4.78, 5) is 25.3. The first-order valence-corrected chi connectivity index (χ1v) is 8.66. The molecule has 0 aliphatic heterocycles. The molecule has 3 heterocycles. The number of nitrogens with zero attached hydrogens (tertiary/aromatic N) is 3. The van der Waals surface area contributed by atoms with Crippen LogP contribution in [0.3, 0.4) is 0 Å². The summed E-state index contributed by atoms with van der Waals surface area (Å²) in [6.45, 7) is 1.78. The first kappa shape index (κ1) is 16.3. The number of rotatable bonds is 3. The number of carbonyl (C=O) groups is 1. The van der Waals surface area contributed by atoms with E-state index in [-0.39, 0.29) is 5.91 Å². The van der Waals surface area contributed by atoms with Crippen LogP contribution in [0.5, 0.6) is 0 Å². The lowest BCUT2D eigenvalue weighted by Gasteiger charge is -2.04. The lowest BCUT2D eigenvalue weighted by molar-refractivity contribution is 0.102. The van der Waals surface area contributed by atoms with E-state index in [2.05, 4.69) is 20.3 Å². The minimum Gasteiger partial charge on any atom is -0.298 e. The Hall–Kier alpha value is -3.19. The molecule has 0 unspecified atom stereocenters. The molecule has 4 rings (SSSR count). The number of amides is 1. The van der Waals surface area contributed by atoms with Gasteiger partial charge in [-0.1, -0.05) is 23.5 Å². The van der Waals surface area contributed by atoms with Crippen LogP contribution in [0.15, 0.2) is 55.0 Å². The van der Waals surface area contributed by atoms with E-state index < -0.39 is 5.95 Å². The van der Waals surface area contributed by atoms with Crippen LogP contribution < -0.4 is 5.32 Å². The van der Waals surface area contributed by atoms with Gasteiger partial charge in [-0.05, 0) is 36.1 Å². The molecule has 0 fully saturated rings. The number of pyridine rings is 2. The van der Waals surface area contributed by atoms with Gasteiger partial charge in [-0.25, -0.2) is 9.97 Å². The van der Waals surface area contributed by atoms with Crippen molar-refractivity contribution >= 4 is 33.1 Å². The highest BCUT2D eigenvalue weighted by Crippen LogP contribution is 2.31. The molecule has 0 saturated heterocycles. The topological polar surface area (TPSA) is 67.8 Å². The Morgan fingerprint density at radius 2 is 1.96 bits per heavy atom. The Morgan fingerprint density at radius 1 is 1.08 bits per heavy atom. The predicted molar refractivity (Wildman–Crippen MR) is 99.7 cm³/mol. The zero-order chi connectivity index (χ0) is 18.1. The summed E-state index contributed by atoms with van der Waals surface area (Å²) >= 11 is 1.35. The third kappa shape index (κ3) is 3.16. The molecule has 0 radical (unpaired) electrons. The molecule has 7 heteroatoms. The van der Waals surface area contributed by atoms with Gasteiger partial charge in [0.05, 0.1) is 10.4 Å². The Kier molecular flexibility index (Phi) is 4.14. The normalized spacial score (nSPS) is 10.8. The first-order valence-electron chi connectivity index (χ1n) is 7.84. The molecule has 0 aliphatic carbocycles. The summed E-state index contributed by atoms with van der Waals surface area (Å²) in [5, 5.41) is 4.91. The summed E-state index contributed by atoms with van der Waals surface area (Å²) in [5.74, 6) is -0.762. The molecule has 0 bridgehead atoms. The van der Waals surface area contributed by atoms with E-state index in [0.29, 0.717) is 16.4 Å². The fourth-order valence-corrected chi connectivity index (χ4v) is 3.43. The van der Waals surface area contributed by atoms with Gasteiger partial charge in [-0.15, -0.1) is 0 Å². The molecule has 3 aromatic heterocycles. The highest BCUT2D eigenvalue weighted by Gasteiger charge is 2.12. The Labute approximate surface area is 152 Å². The maximum absolute atomic E-state index is 13.3. The van der Waals surface area contributed by atoms with Crippen LogP contribution in [0.1, 0.15) is 16.1 Å². The fraction of sp³-hybridized carbons (Fsp3) is 0.0526. The number of thiazole rings is 1. The number of fused-ring (bicyclic) bond motifs is 1. The van der Waals surface area contributed by atoms with Crippen molar-refractivity contribution in [3.05, 3.63) is 72.2 Å². The highest BCUT2D eigenvalue weighted by molar-refractivity contribution is 7.19. The van der Waals surface area contributed by atoms with Gasteiger partial charge < -0.3 is 0 Å². The van der Waals surface area contributed by atoms with E-state index in [1.165, 1.54) is 23.6 Å². The second-order valence-electron chi connectivity index (χ2n) is 5.69. The molecule has 0 aliphatic rings. The summed E-state index contributed by atoms with van der Waals surface area (Å²) in [7, 11) is 0. The van der Waals surface area contributed by atoms with Gasteiger partial charge in [-0.2, -0.15) is 4.39 Å². The fourth-order valence-electron chi connectivity index (χ4n) is 2.62. The van der Waals surface area contributed by atoms with E-state index in [1.807, 2.05) is 18.2 Å². The minimum absolute atomic E-state index is 0.247. The standard InChI is InChI=1S/C19H13FN4OS/c1-11-15(3-2-6-21-11)18(25)24-19-23-10-16(26-19)12-4-5-13-9-22-17(20)8-14(13)7-12/h2-10H,1H3,(H,23,24,25). The number of nitrogens with one attached hydrogen (secondary N) is 1. The SMILES string of the molecule is Cc1ncccc1C(=O)Nc1ncc(-c2ccc3cnc(F)cc3c2)s1. The zero-order valence-electron chi connectivity index (χ0n) is 13.7. The number of halogens is 1. The van der Waals surface area contributed by atoms with E-state index >= 15 is 0 Å². The maximum atomic E-state index is 13.3. The molecule has 128 valence electrons. The maximum Gasteiger partial charge on any atom is 0.259 e. The number of aromatic nitrogens is 3. The molecule has 1 aromatic carbocycles. The molecular weight excluding hydrogens is 351 g/mol. The van der Waals surface area contributed by atoms with Crippen molar-refractivity contribution in [2.45, 2.75) is 6.92 Å². The summed E-state index contributed by atoms with van der Waals surface area (Å²) < 4.78 is 13.3. The summed E-state index contributed by atoms with van der Waals surface area (Å²) in [5.41, 5.74) is 2.07. The molecule has 0 spiro atoms. The Morgan fingerprint density at radius 3 is 2.81 bits per heavy atom. The monoisotopic (exact) mass is 364 g/mol. The molecule has 1 N–H and O–H groups in total. The van der Waals surface area contributed by atoms with Crippen molar-refractivity contribution in [1.82, 2.24) is 15.0 Å². The zero-order valence-corrected chi connectivity index (χ0v) is 14.5. The molecular formula is C19H13FN4OS. The number of hydrogen-bond donors (Lipinski definition) is 1. The van der Waals surface area contributed by atoms with E-state index in [9.17, 15) is 9.18 Å². The Bertz CT molecular complexity index is 1130. The van der Waals surface area contributed by atoms with Crippen molar-refractivity contribution in [2.24, 2.45) is 0 Å². The van der Waals surface area contributed by atoms with E-state index in [1.54, 1.807) is 31.5 Å². The van der Waals surface area contributed by atoms with Crippen LogP contribution >= 0.6 is 11.3 Å². The van der Waals surface area contributed by atoms with Gasteiger partial charge in [-0.3, -0.25) is 15.1 Å². The molecule has 1 amide bonds. The summed E-state index contributed by atoms with van der Waals surface area (Å²) in [6.07, 6.45) is 4.84. The first-order chi connectivity index (χ1) is 12.6. The number of anilines is 1. The van der Waals surface area contributed by atoms with Crippen LogP contribution in [0.4, 0.5) is 9.52 Å². The van der Waals surface area contributed by atoms with E-state index in [0.717, 1.165) is 21.2 Å². The number of aryl methyl sites for hydroxylation is 1. The lowest BCUT2D eigenvalue weighted by Crippen LogP contribution is -2.13. The second kappa shape index (κ2) is 6.61. The lowest BCUT2D eigenvalue weighted by atomic mass is 10.1. The predicted octanol–water partition coefficient (Wildman–Crippen LogP) is 4.45. The average molecular weight is 364 g/mol. The van der Waals surface area contributed by atoms with Gasteiger partial charge >= 0.3 is 0 Å². The van der Waals surface area contributed by atoms with Crippen LogP contribution in [0.2, 0.25) is 0 Å². The number of benzene rings is 1. The summed E-state index contributed by atoms with van der Waals surface area (Å²) in [6, 6.07) is 10.5.